The molecule has 0 aromatic carbocycles. The third kappa shape index (κ3) is 2.64. The van der Waals surface area contributed by atoms with Gasteiger partial charge in [0, 0.05) is 17.5 Å². The smallest absolute Gasteiger partial charge is 0.228 e. The molecule has 0 N–H and O–H groups in total. The van der Waals surface area contributed by atoms with Gasteiger partial charge in [-0.2, -0.15) is 0 Å². The van der Waals surface area contributed by atoms with Crippen LogP contribution in [-0.2, 0) is 4.79 Å². The maximum Gasteiger partial charge on any atom is 0.228 e. The number of carbonyl (C=O) groups excluding carboxylic acids is 1. The van der Waals surface area contributed by atoms with Crippen LogP contribution in [0.3, 0.4) is 0 Å². The third-order valence-corrected chi connectivity index (χ3v) is 2.69. The van der Waals surface area contributed by atoms with Crippen LogP contribution >= 0.6 is 0 Å². The van der Waals surface area contributed by atoms with Crippen LogP contribution in [0.2, 0.25) is 0 Å². The number of carbonyl (C=O) groups is 1. The van der Waals surface area contributed by atoms with E-state index in [0.717, 1.165) is 25.8 Å². The topological polar surface area (TPSA) is 69.1 Å². The third-order valence-electron chi connectivity index (χ3n) is 2.69. The molecule has 0 unspecified atom stereocenters. The summed E-state index contributed by atoms with van der Waals surface area (Å²) in [6.45, 7) is 2.87. The zero-order valence-electron chi connectivity index (χ0n) is 8.52. The summed E-state index contributed by atoms with van der Waals surface area (Å²) in [4.78, 5) is 16.0. The summed E-state index contributed by atoms with van der Waals surface area (Å²) in [5, 5.41) is 3.31. The molecular weight excluding hydrogens is 180 g/mol. The largest absolute Gasteiger partial charge is 0.340 e. The Labute approximate surface area is 83.7 Å². The van der Waals surface area contributed by atoms with Crippen molar-refractivity contribution in [2.24, 2.45) is 5.11 Å². The van der Waals surface area contributed by atoms with Crippen LogP contribution in [0.25, 0.3) is 10.4 Å². The van der Waals surface area contributed by atoms with Crippen LogP contribution in [-0.4, -0.2) is 29.9 Å². The second-order valence-electron chi connectivity index (χ2n) is 3.53. The molecule has 0 saturated carbocycles. The zero-order valence-corrected chi connectivity index (χ0v) is 8.52. The van der Waals surface area contributed by atoms with Gasteiger partial charge >= 0.3 is 0 Å². The lowest BCUT2D eigenvalue weighted by Crippen LogP contribution is -2.44. The molecule has 0 radical (unpaired) electrons. The normalized spacial score (nSPS) is 21.5. The summed E-state index contributed by atoms with van der Waals surface area (Å²) in [6.07, 6.45) is 4.34. The van der Waals surface area contributed by atoms with E-state index < -0.39 is 0 Å². The molecule has 1 atom stereocenters. The Hall–Kier alpha value is -1.22. The molecule has 14 heavy (non-hydrogen) atoms. The van der Waals surface area contributed by atoms with Crippen LogP contribution in [0.5, 0.6) is 0 Å². The van der Waals surface area contributed by atoms with Crippen molar-refractivity contribution in [1.82, 2.24) is 4.90 Å². The van der Waals surface area contributed by atoms with E-state index in [2.05, 4.69) is 16.9 Å². The number of hydrogen-bond acceptors (Lipinski definition) is 2. The summed E-state index contributed by atoms with van der Waals surface area (Å²) in [5.74, 6) is -0.0330. The molecule has 1 aliphatic heterocycles. The highest BCUT2D eigenvalue weighted by Crippen LogP contribution is 2.19. The van der Waals surface area contributed by atoms with Gasteiger partial charge in [0.05, 0.1) is 0 Å². The van der Waals surface area contributed by atoms with Gasteiger partial charge in [0.2, 0.25) is 5.91 Å². The van der Waals surface area contributed by atoms with E-state index in [1.54, 1.807) is 0 Å². The molecule has 1 aliphatic rings. The predicted octanol–water partition coefficient (Wildman–Crippen LogP) is 2.09. The van der Waals surface area contributed by atoms with Crippen molar-refractivity contribution in [2.75, 3.05) is 13.1 Å². The highest BCUT2D eigenvalue weighted by atomic mass is 16.2. The molecule has 5 nitrogen and oxygen atoms in total. The van der Waals surface area contributed by atoms with E-state index in [0.29, 0.717) is 6.04 Å². The highest BCUT2D eigenvalue weighted by Gasteiger charge is 2.24. The molecule has 1 amide bonds. The van der Waals surface area contributed by atoms with E-state index in [1.165, 1.54) is 6.42 Å². The molecule has 5 heteroatoms. The fraction of sp³-hybridized carbons (Fsp3) is 0.889. The number of piperidine rings is 1. The Morgan fingerprint density at radius 3 is 3.07 bits per heavy atom. The van der Waals surface area contributed by atoms with Crippen LogP contribution in [0.1, 0.15) is 32.6 Å². The van der Waals surface area contributed by atoms with Crippen molar-refractivity contribution >= 4 is 5.91 Å². The fourth-order valence-corrected chi connectivity index (χ4v) is 1.94. The van der Waals surface area contributed by atoms with E-state index in [1.807, 2.05) is 4.90 Å². The highest BCUT2D eigenvalue weighted by molar-refractivity contribution is 5.78. The number of nitrogens with zero attached hydrogens (tertiary/aromatic N) is 4. The molecule has 0 aliphatic carbocycles. The van der Waals surface area contributed by atoms with Gasteiger partial charge in [0.25, 0.3) is 0 Å². The Balaban J connectivity index is 2.54. The lowest BCUT2D eigenvalue weighted by Gasteiger charge is -2.35. The van der Waals surface area contributed by atoms with Crippen molar-refractivity contribution in [3.8, 4) is 0 Å². The van der Waals surface area contributed by atoms with Crippen molar-refractivity contribution in [3.05, 3.63) is 10.4 Å². The number of likely N-dealkylation sites (tertiary alicyclic amines) is 1. The zero-order chi connectivity index (χ0) is 10.4. The first-order valence-electron chi connectivity index (χ1n) is 5.10. The van der Waals surface area contributed by atoms with Gasteiger partial charge in [-0.25, -0.2) is 0 Å². The minimum atomic E-state index is -0.0347. The number of rotatable bonds is 3. The fourth-order valence-electron chi connectivity index (χ4n) is 1.94. The summed E-state index contributed by atoms with van der Waals surface area (Å²) in [5.41, 5.74) is 8.12. The van der Waals surface area contributed by atoms with Crippen molar-refractivity contribution in [1.29, 1.82) is 0 Å². The van der Waals surface area contributed by atoms with Gasteiger partial charge in [-0.15, -0.1) is 0 Å². The van der Waals surface area contributed by atoms with Gasteiger partial charge in [-0.3, -0.25) is 4.79 Å². The quantitative estimate of drug-likeness (QED) is 0.387. The minimum absolute atomic E-state index is 0.0330. The first kappa shape index (κ1) is 10.9. The first-order valence-corrected chi connectivity index (χ1v) is 5.10. The second-order valence-corrected chi connectivity index (χ2v) is 3.53. The van der Waals surface area contributed by atoms with Gasteiger partial charge in [0.15, 0.2) is 0 Å². The predicted molar refractivity (Wildman–Crippen MR) is 53.7 cm³/mol. The molecule has 0 spiro atoms. The van der Waals surface area contributed by atoms with Crippen molar-refractivity contribution in [2.45, 2.75) is 38.6 Å². The van der Waals surface area contributed by atoms with Crippen LogP contribution in [0.4, 0.5) is 0 Å². The minimum Gasteiger partial charge on any atom is -0.340 e. The van der Waals surface area contributed by atoms with Crippen molar-refractivity contribution < 1.29 is 4.79 Å². The Morgan fingerprint density at radius 2 is 2.43 bits per heavy atom. The molecule has 78 valence electrons. The Kier molecular flexibility index (Phi) is 4.26. The summed E-state index contributed by atoms with van der Waals surface area (Å²) >= 11 is 0. The standard InChI is InChI=1S/C9H16N4O/c1-2-8-5-3-4-6-13(8)9(14)7-11-12-10/h8H,2-7H2,1H3/t8-/m0/s1. The molecule has 1 rings (SSSR count). The molecular formula is C9H16N4O. The second kappa shape index (κ2) is 5.50. The lowest BCUT2D eigenvalue weighted by molar-refractivity contribution is -0.133. The van der Waals surface area contributed by atoms with E-state index in [4.69, 9.17) is 5.53 Å². The van der Waals surface area contributed by atoms with Gasteiger partial charge in [0.1, 0.15) is 6.54 Å². The van der Waals surface area contributed by atoms with Crippen LogP contribution in [0.15, 0.2) is 5.11 Å². The Morgan fingerprint density at radius 1 is 1.64 bits per heavy atom. The van der Waals surface area contributed by atoms with E-state index in [-0.39, 0.29) is 12.5 Å². The average molecular weight is 196 g/mol. The SMILES string of the molecule is CC[C@H]1CCCCN1C(=O)CN=[N+]=[N-]. The number of hydrogen-bond donors (Lipinski definition) is 0. The van der Waals surface area contributed by atoms with Crippen LogP contribution in [0, 0.1) is 0 Å². The molecule has 0 bridgehead atoms. The molecule has 1 fully saturated rings. The van der Waals surface area contributed by atoms with Gasteiger partial charge in [-0.05, 0) is 31.2 Å². The summed E-state index contributed by atoms with van der Waals surface area (Å²) in [6, 6.07) is 0.352. The number of azide groups is 1. The lowest BCUT2D eigenvalue weighted by atomic mass is 10.00. The first-order chi connectivity index (χ1) is 6.79. The molecule has 0 aromatic heterocycles. The summed E-state index contributed by atoms with van der Waals surface area (Å²) in [7, 11) is 0. The van der Waals surface area contributed by atoms with Crippen molar-refractivity contribution in [3.63, 3.8) is 0 Å². The molecule has 1 saturated heterocycles. The molecule has 0 aromatic rings. The maximum absolute atomic E-state index is 11.6. The van der Waals surface area contributed by atoms with E-state index in [9.17, 15) is 4.79 Å². The average Bonchev–Trinajstić information content (AvgIpc) is 2.25. The maximum atomic E-state index is 11.6. The Bertz CT molecular complexity index is 247. The van der Waals surface area contributed by atoms with E-state index >= 15 is 0 Å². The van der Waals surface area contributed by atoms with Gasteiger partial charge < -0.3 is 4.90 Å². The van der Waals surface area contributed by atoms with Gasteiger partial charge in [-0.1, -0.05) is 12.0 Å². The summed E-state index contributed by atoms with van der Waals surface area (Å²) < 4.78 is 0. The monoisotopic (exact) mass is 196 g/mol. The molecule has 1 heterocycles. The van der Waals surface area contributed by atoms with Crippen LogP contribution < -0.4 is 0 Å². The number of amides is 1.